The molecule has 104 valence electrons. The van der Waals surface area contributed by atoms with Gasteiger partial charge in [-0.25, -0.2) is 4.39 Å². The van der Waals surface area contributed by atoms with Crippen LogP contribution in [0.4, 0.5) is 4.39 Å². The molecule has 1 heterocycles. The summed E-state index contributed by atoms with van der Waals surface area (Å²) >= 11 is 6.12. The summed E-state index contributed by atoms with van der Waals surface area (Å²) in [7, 11) is 0. The minimum Gasteiger partial charge on any atom is -0.356 e. The summed E-state index contributed by atoms with van der Waals surface area (Å²) in [5, 5.41) is 6.99. The molecule has 0 saturated carbocycles. The van der Waals surface area contributed by atoms with Crippen molar-refractivity contribution in [1.29, 1.82) is 0 Å². The van der Waals surface area contributed by atoms with Gasteiger partial charge in [0.2, 0.25) is 0 Å². The van der Waals surface area contributed by atoms with Gasteiger partial charge in [0.1, 0.15) is 5.82 Å². The Bertz CT molecular complexity index is 499. The summed E-state index contributed by atoms with van der Waals surface area (Å²) in [6.07, 6.45) is 0. The molecule has 1 unspecified atom stereocenters. The summed E-state index contributed by atoms with van der Waals surface area (Å²) in [6.45, 7) is 7.69. The molecule has 0 radical (unpaired) electrons. The number of guanidine groups is 1. The maximum absolute atomic E-state index is 13.1. The normalized spacial score (nSPS) is 19.0. The van der Waals surface area contributed by atoms with Gasteiger partial charge in [0.15, 0.2) is 5.96 Å². The molecule has 0 bridgehead atoms. The van der Waals surface area contributed by atoms with Gasteiger partial charge in [-0.2, -0.15) is 0 Å². The van der Waals surface area contributed by atoms with Crippen molar-refractivity contribution in [2.24, 2.45) is 4.99 Å². The number of nitrogens with one attached hydrogen (secondary N) is 2. The number of hydrogen-bond donors (Lipinski definition) is 2. The monoisotopic (exact) mass is 283 g/mol. The minimum absolute atomic E-state index is 0.208. The topological polar surface area (TPSA) is 36.4 Å². The number of hydrogen-bond acceptors (Lipinski definition) is 3. The van der Waals surface area contributed by atoms with Crippen LogP contribution in [0.3, 0.4) is 0 Å². The summed E-state index contributed by atoms with van der Waals surface area (Å²) in [6, 6.07) is 4.91. The summed E-state index contributed by atoms with van der Waals surface area (Å²) in [4.78, 5) is 4.35. The molecule has 2 rings (SSSR count). The highest BCUT2D eigenvalue weighted by atomic mass is 35.5. The van der Waals surface area contributed by atoms with Crippen LogP contribution in [0.5, 0.6) is 0 Å². The molecule has 1 aromatic rings. The highest BCUT2D eigenvalue weighted by Crippen LogP contribution is 2.29. The van der Waals surface area contributed by atoms with Crippen molar-refractivity contribution < 1.29 is 4.39 Å². The first-order valence-electron chi connectivity index (χ1n) is 6.39. The first-order valence-corrected chi connectivity index (χ1v) is 6.77. The zero-order valence-corrected chi connectivity index (χ0v) is 12.2. The molecule has 1 aromatic carbocycles. The molecule has 19 heavy (non-hydrogen) atoms. The van der Waals surface area contributed by atoms with E-state index in [0.29, 0.717) is 17.6 Å². The van der Waals surface area contributed by atoms with Crippen LogP contribution >= 0.6 is 11.6 Å². The molecule has 2 N–H and O–H groups in total. The number of halogens is 2. The van der Waals surface area contributed by atoms with Crippen molar-refractivity contribution in [3.63, 3.8) is 0 Å². The Morgan fingerprint density at radius 1 is 1.53 bits per heavy atom. The SMILES string of the molecule is CC1CN=C(NCC(C)(C)c2ccc(F)cc2Cl)N1. The van der Waals surface area contributed by atoms with Gasteiger partial charge in [0.25, 0.3) is 0 Å². The van der Waals surface area contributed by atoms with Crippen LogP contribution in [0.2, 0.25) is 5.02 Å². The first-order chi connectivity index (χ1) is 8.88. The Morgan fingerprint density at radius 2 is 2.26 bits per heavy atom. The molecule has 5 heteroatoms. The molecule has 0 amide bonds. The highest BCUT2D eigenvalue weighted by Gasteiger charge is 2.24. The van der Waals surface area contributed by atoms with Crippen molar-refractivity contribution in [3.8, 4) is 0 Å². The van der Waals surface area contributed by atoms with Crippen LogP contribution < -0.4 is 10.6 Å². The molecule has 0 saturated heterocycles. The van der Waals surface area contributed by atoms with Gasteiger partial charge in [0.05, 0.1) is 6.54 Å². The molecular weight excluding hydrogens is 265 g/mol. The first kappa shape index (κ1) is 14.1. The van der Waals surface area contributed by atoms with Crippen molar-refractivity contribution >= 4 is 17.6 Å². The predicted octanol–water partition coefficient (Wildman–Crippen LogP) is 2.69. The largest absolute Gasteiger partial charge is 0.356 e. The third kappa shape index (κ3) is 3.38. The van der Waals surface area contributed by atoms with E-state index in [1.54, 1.807) is 6.07 Å². The number of benzene rings is 1. The van der Waals surface area contributed by atoms with E-state index in [9.17, 15) is 4.39 Å². The summed E-state index contributed by atoms with van der Waals surface area (Å²) in [5.41, 5.74) is 0.718. The van der Waals surface area contributed by atoms with Gasteiger partial charge in [0, 0.05) is 23.0 Å². The second kappa shape index (κ2) is 5.37. The van der Waals surface area contributed by atoms with Crippen LogP contribution in [0.25, 0.3) is 0 Å². The third-order valence-corrected chi connectivity index (χ3v) is 3.58. The zero-order valence-electron chi connectivity index (χ0n) is 11.4. The molecule has 0 aromatic heterocycles. The Balaban J connectivity index is 2.05. The second-order valence-electron chi connectivity index (χ2n) is 5.60. The molecule has 3 nitrogen and oxygen atoms in total. The molecule has 0 spiro atoms. The van der Waals surface area contributed by atoms with E-state index in [0.717, 1.165) is 18.1 Å². The number of rotatable bonds is 3. The minimum atomic E-state index is -0.312. The van der Waals surface area contributed by atoms with Crippen LogP contribution in [0.15, 0.2) is 23.2 Å². The Morgan fingerprint density at radius 3 is 2.84 bits per heavy atom. The lowest BCUT2D eigenvalue weighted by Gasteiger charge is -2.27. The number of aliphatic imine (C=N–C) groups is 1. The van der Waals surface area contributed by atoms with E-state index in [2.05, 4.69) is 36.4 Å². The summed E-state index contributed by atoms with van der Waals surface area (Å²) in [5.74, 6) is 0.506. The van der Waals surface area contributed by atoms with Gasteiger partial charge in [-0.05, 0) is 24.6 Å². The Kier molecular flexibility index (Phi) is 3.99. The fraction of sp³-hybridized carbons (Fsp3) is 0.500. The van der Waals surface area contributed by atoms with Crippen LogP contribution in [0.1, 0.15) is 26.3 Å². The summed E-state index contributed by atoms with van der Waals surface area (Å²) < 4.78 is 13.1. The fourth-order valence-corrected chi connectivity index (χ4v) is 2.52. The third-order valence-electron chi connectivity index (χ3n) is 3.26. The lowest BCUT2D eigenvalue weighted by Crippen LogP contribution is -2.43. The van der Waals surface area contributed by atoms with Crippen molar-refractivity contribution in [1.82, 2.24) is 10.6 Å². The van der Waals surface area contributed by atoms with Gasteiger partial charge < -0.3 is 10.6 Å². The average molecular weight is 284 g/mol. The van der Waals surface area contributed by atoms with E-state index in [1.165, 1.54) is 12.1 Å². The standard InChI is InChI=1S/C14H19ClFN3/c1-9-7-17-13(19-9)18-8-14(2,3)11-5-4-10(16)6-12(11)15/h4-6,9H,7-8H2,1-3H3,(H2,17,18,19). The molecule has 1 aliphatic heterocycles. The molecule has 0 aliphatic carbocycles. The zero-order chi connectivity index (χ0) is 14.0. The molecule has 1 atom stereocenters. The van der Waals surface area contributed by atoms with E-state index in [1.807, 2.05) is 0 Å². The fourth-order valence-electron chi connectivity index (χ4n) is 2.10. The van der Waals surface area contributed by atoms with E-state index in [4.69, 9.17) is 11.6 Å². The van der Waals surface area contributed by atoms with E-state index < -0.39 is 0 Å². The quantitative estimate of drug-likeness (QED) is 0.895. The van der Waals surface area contributed by atoms with E-state index >= 15 is 0 Å². The molecule has 1 aliphatic rings. The van der Waals surface area contributed by atoms with E-state index in [-0.39, 0.29) is 11.2 Å². The highest BCUT2D eigenvalue weighted by molar-refractivity contribution is 6.31. The van der Waals surface area contributed by atoms with Crippen LogP contribution in [-0.2, 0) is 5.41 Å². The Labute approximate surface area is 118 Å². The smallest absolute Gasteiger partial charge is 0.191 e. The van der Waals surface area contributed by atoms with Gasteiger partial charge in [-0.3, -0.25) is 4.99 Å². The maximum atomic E-state index is 13.1. The average Bonchev–Trinajstić information content (AvgIpc) is 2.72. The van der Waals surface area contributed by atoms with Crippen LogP contribution in [-0.4, -0.2) is 25.1 Å². The Hall–Kier alpha value is -1.29. The number of nitrogens with zero attached hydrogens (tertiary/aromatic N) is 1. The van der Waals surface area contributed by atoms with Gasteiger partial charge >= 0.3 is 0 Å². The van der Waals surface area contributed by atoms with Crippen molar-refractivity contribution in [2.75, 3.05) is 13.1 Å². The second-order valence-corrected chi connectivity index (χ2v) is 6.00. The lowest BCUT2D eigenvalue weighted by molar-refractivity contribution is 0.508. The maximum Gasteiger partial charge on any atom is 0.191 e. The van der Waals surface area contributed by atoms with Gasteiger partial charge in [-0.15, -0.1) is 0 Å². The van der Waals surface area contributed by atoms with Crippen LogP contribution in [0, 0.1) is 5.82 Å². The van der Waals surface area contributed by atoms with Crippen molar-refractivity contribution in [2.45, 2.75) is 32.2 Å². The predicted molar refractivity (Wildman–Crippen MR) is 77.3 cm³/mol. The lowest BCUT2D eigenvalue weighted by atomic mass is 9.84. The molecule has 0 fully saturated rings. The van der Waals surface area contributed by atoms with Crippen molar-refractivity contribution in [3.05, 3.63) is 34.6 Å². The molecular formula is C14H19ClFN3. The van der Waals surface area contributed by atoms with Gasteiger partial charge in [-0.1, -0.05) is 31.5 Å².